The highest BCUT2D eigenvalue weighted by Crippen LogP contribution is 2.36. The zero-order valence-corrected chi connectivity index (χ0v) is 15.8. The molecule has 0 N–H and O–H groups in total. The van der Waals surface area contributed by atoms with E-state index in [2.05, 4.69) is 60.4 Å². The predicted octanol–water partition coefficient (Wildman–Crippen LogP) is 6.82. The van der Waals surface area contributed by atoms with Gasteiger partial charge in [0.15, 0.2) is 0 Å². The maximum atomic E-state index is 6.15. The average molecular weight is 368 g/mol. The van der Waals surface area contributed by atoms with Crippen LogP contribution in [0.15, 0.2) is 75.6 Å². The van der Waals surface area contributed by atoms with Crippen LogP contribution in [-0.4, -0.2) is 10.2 Å². The van der Waals surface area contributed by atoms with E-state index in [1.807, 2.05) is 30.3 Å². The van der Waals surface area contributed by atoms with Crippen LogP contribution in [0.2, 0.25) is 0 Å². The molecule has 0 aliphatic heterocycles. The molecule has 4 heteroatoms. The summed E-state index contributed by atoms with van der Waals surface area (Å²) in [6.45, 7) is 4.20. The lowest BCUT2D eigenvalue weighted by molar-refractivity contribution is 0.462. The molecular formula is C24H20N2O2. The monoisotopic (exact) mass is 368 g/mol. The smallest absolute Gasteiger partial charge is 0.247 e. The summed E-state index contributed by atoms with van der Waals surface area (Å²) in [6.07, 6.45) is 0.974. The van der Waals surface area contributed by atoms with Crippen LogP contribution in [0.1, 0.15) is 32.1 Å². The third-order valence-corrected chi connectivity index (χ3v) is 5.32. The van der Waals surface area contributed by atoms with Crippen molar-refractivity contribution in [1.82, 2.24) is 10.2 Å². The SMILES string of the molecule is CCC(C)c1nnc(-c2ccc(-c3cccc4c3oc3ccccc34)cc2)o1. The lowest BCUT2D eigenvalue weighted by Gasteiger charge is -2.04. The Hall–Kier alpha value is -3.40. The van der Waals surface area contributed by atoms with Crippen LogP contribution in [0.4, 0.5) is 0 Å². The molecule has 5 rings (SSSR count). The van der Waals surface area contributed by atoms with E-state index >= 15 is 0 Å². The Kier molecular flexibility index (Phi) is 3.97. The van der Waals surface area contributed by atoms with Crippen LogP contribution in [0.5, 0.6) is 0 Å². The number of fused-ring (bicyclic) bond motifs is 3. The summed E-state index contributed by atoms with van der Waals surface area (Å²) in [5.41, 5.74) is 4.90. The van der Waals surface area contributed by atoms with Crippen molar-refractivity contribution in [2.75, 3.05) is 0 Å². The van der Waals surface area contributed by atoms with Gasteiger partial charge in [0.25, 0.3) is 0 Å². The Morgan fingerprint density at radius 3 is 2.36 bits per heavy atom. The van der Waals surface area contributed by atoms with Crippen molar-refractivity contribution in [2.24, 2.45) is 0 Å². The molecule has 3 aromatic carbocycles. The van der Waals surface area contributed by atoms with Crippen LogP contribution in [0.3, 0.4) is 0 Å². The van der Waals surface area contributed by atoms with E-state index in [0.29, 0.717) is 11.8 Å². The third-order valence-electron chi connectivity index (χ3n) is 5.32. The van der Waals surface area contributed by atoms with Crippen LogP contribution in [0, 0.1) is 0 Å². The van der Waals surface area contributed by atoms with Gasteiger partial charge in [0.05, 0.1) is 0 Å². The first kappa shape index (κ1) is 16.8. The molecule has 1 atom stereocenters. The first-order valence-electron chi connectivity index (χ1n) is 9.59. The molecule has 138 valence electrons. The molecule has 1 unspecified atom stereocenters. The Balaban J connectivity index is 1.55. The van der Waals surface area contributed by atoms with E-state index in [1.54, 1.807) is 0 Å². The Morgan fingerprint density at radius 1 is 0.786 bits per heavy atom. The molecular weight excluding hydrogens is 348 g/mol. The van der Waals surface area contributed by atoms with Gasteiger partial charge in [-0.05, 0) is 30.2 Å². The van der Waals surface area contributed by atoms with Crippen LogP contribution in [0.25, 0.3) is 44.5 Å². The van der Waals surface area contributed by atoms with Gasteiger partial charge in [-0.2, -0.15) is 0 Å². The van der Waals surface area contributed by atoms with E-state index < -0.39 is 0 Å². The minimum absolute atomic E-state index is 0.270. The molecule has 0 radical (unpaired) electrons. The van der Waals surface area contributed by atoms with Gasteiger partial charge < -0.3 is 8.83 Å². The minimum Gasteiger partial charge on any atom is -0.455 e. The van der Waals surface area contributed by atoms with Crippen molar-refractivity contribution in [3.8, 4) is 22.6 Å². The fourth-order valence-electron chi connectivity index (χ4n) is 3.49. The van der Waals surface area contributed by atoms with Gasteiger partial charge in [0.2, 0.25) is 11.8 Å². The highest BCUT2D eigenvalue weighted by Gasteiger charge is 2.15. The van der Waals surface area contributed by atoms with Gasteiger partial charge in [-0.15, -0.1) is 10.2 Å². The predicted molar refractivity (Wildman–Crippen MR) is 111 cm³/mol. The number of benzene rings is 3. The van der Waals surface area contributed by atoms with Crippen molar-refractivity contribution in [3.63, 3.8) is 0 Å². The number of rotatable bonds is 4. The van der Waals surface area contributed by atoms with Crippen LogP contribution < -0.4 is 0 Å². The molecule has 0 aliphatic carbocycles. The molecule has 4 nitrogen and oxygen atoms in total. The van der Waals surface area contributed by atoms with Gasteiger partial charge in [0, 0.05) is 27.8 Å². The molecule has 0 bridgehead atoms. The lowest BCUT2D eigenvalue weighted by atomic mass is 10.0. The Bertz CT molecular complexity index is 1270. The first-order chi connectivity index (χ1) is 13.7. The zero-order chi connectivity index (χ0) is 19.1. The molecule has 2 aromatic heterocycles. The summed E-state index contributed by atoms with van der Waals surface area (Å²) in [5.74, 6) is 1.52. The third kappa shape index (κ3) is 2.69. The molecule has 0 amide bonds. The molecule has 0 saturated carbocycles. The van der Waals surface area contributed by atoms with E-state index in [4.69, 9.17) is 8.83 Å². The summed E-state index contributed by atoms with van der Waals surface area (Å²) < 4.78 is 12.0. The summed E-state index contributed by atoms with van der Waals surface area (Å²) in [7, 11) is 0. The van der Waals surface area contributed by atoms with Gasteiger partial charge in [-0.1, -0.05) is 62.4 Å². The van der Waals surface area contributed by atoms with Crippen LogP contribution in [-0.2, 0) is 0 Å². The van der Waals surface area contributed by atoms with E-state index in [9.17, 15) is 0 Å². The van der Waals surface area contributed by atoms with E-state index in [-0.39, 0.29) is 5.92 Å². The maximum absolute atomic E-state index is 6.15. The van der Waals surface area contributed by atoms with Crippen LogP contribution >= 0.6 is 0 Å². The molecule has 0 fully saturated rings. The summed E-state index contributed by atoms with van der Waals surface area (Å²) in [6, 6.07) is 22.6. The van der Waals surface area contributed by atoms with Gasteiger partial charge in [-0.3, -0.25) is 0 Å². The van der Waals surface area contributed by atoms with Gasteiger partial charge in [-0.25, -0.2) is 0 Å². The first-order valence-corrected chi connectivity index (χ1v) is 9.59. The number of aromatic nitrogens is 2. The summed E-state index contributed by atoms with van der Waals surface area (Å²) in [5, 5.41) is 10.6. The van der Waals surface area contributed by atoms with Crippen molar-refractivity contribution in [1.29, 1.82) is 0 Å². The molecule has 5 aromatic rings. The second-order valence-electron chi connectivity index (χ2n) is 7.11. The summed E-state index contributed by atoms with van der Waals surface area (Å²) >= 11 is 0. The van der Waals surface area contributed by atoms with E-state index in [0.717, 1.165) is 45.0 Å². The number of nitrogens with zero attached hydrogens (tertiary/aromatic N) is 2. The van der Waals surface area contributed by atoms with Crippen molar-refractivity contribution >= 4 is 21.9 Å². The zero-order valence-electron chi connectivity index (χ0n) is 15.8. The highest BCUT2D eigenvalue weighted by molar-refractivity contribution is 6.09. The molecule has 28 heavy (non-hydrogen) atoms. The molecule has 0 spiro atoms. The number of furan rings is 1. The lowest BCUT2D eigenvalue weighted by Crippen LogP contribution is -1.90. The normalized spacial score (nSPS) is 12.6. The number of hydrogen-bond acceptors (Lipinski definition) is 4. The highest BCUT2D eigenvalue weighted by atomic mass is 16.4. The Labute approximate surface area is 162 Å². The topological polar surface area (TPSA) is 52.1 Å². The maximum Gasteiger partial charge on any atom is 0.247 e. The average Bonchev–Trinajstić information content (AvgIpc) is 3.38. The second kappa shape index (κ2) is 6.64. The van der Waals surface area contributed by atoms with E-state index in [1.165, 1.54) is 0 Å². The fourth-order valence-corrected chi connectivity index (χ4v) is 3.49. The second-order valence-corrected chi connectivity index (χ2v) is 7.11. The molecule has 0 saturated heterocycles. The minimum atomic E-state index is 0.270. The van der Waals surface area contributed by atoms with Crippen molar-refractivity contribution < 1.29 is 8.83 Å². The molecule has 2 heterocycles. The largest absolute Gasteiger partial charge is 0.455 e. The van der Waals surface area contributed by atoms with Crippen molar-refractivity contribution in [3.05, 3.63) is 72.6 Å². The van der Waals surface area contributed by atoms with Crippen molar-refractivity contribution in [2.45, 2.75) is 26.2 Å². The molecule has 0 aliphatic rings. The fraction of sp³-hybridized carbons (Fsp3) is 0.167. The standard InChI is InChI=1S/C24H20N2O2/c1-3-15(2)23-25-26-24(28-23)17-13-11-16(12-14-17)18-8-6-9-20-19-7-4-5-10-21(19)27-22(18)20/h4-15H,3H2,1-2H3. The number of hydrogen-bond donors (Lipinski definition) is 0. The Morgan fingerprint density at radius 2 is 1.54 bits per heavy atom. The quantitative estimate of drug-likeness (QED) is 0.349. The summed E-state index contributed by atoms with van der Waals surface area (Å²) in [4.78, 5) is 0. The van der Waals surface area contributed by atoms with Gasteiger partial charge >= 0.3 is 0 Å². The van der Waals surface area contributed by atoms with Gasteiger partial charge in [0.1, 0.15) is 11.2 Å². The number of para-hydroxylation sites is 2.